The predicted octanol–water partition coefficient (Wildman–Crippen LogP) is 3.22. The van der Waals surface area contributed by atoms with Gasteiger partial charge in [-0.2, -0.15) is 5.26 Å². The Labute approximate surface area is 192 Å². The van der Waals surface area contributed by atoms with Crippen LogP contribution < -0.4 is 10.6 Å². The highest BCUT2D eigenvalue weighted by Gasteiger charge is 2.26. The number of likely N-dealkylation sites (tertiary alicyclic amines) is 1. The Hall–Kier alpha value is -3.86. The van der Waals surface area contributed by atoms with Crippen molar-refractivity contribution in [1.82, 2.24) is 14.5 Å². The quantitative estimate of drug-likeness (QED) is 0.603. The largest absolute Gasteiger partial charge is 0.343 e. The van der Waals surface area contributed by atoms with Gasteiger partial charge >= 0.3 is 5.69 Å². The molecule has 0 saturated carbocycles. The number of anilines is 1. The highest BCUT2D eigenvalue weighted by Crippen LogP contribution is 2.25. The molecule has 0 atom stereocenters. The van der Waals surface area contributed by atoms with Gasteiger partial charge in [0.15, 0.2) is 0 Å². The maximum absolute atomic E-state index is 12.8. The summed E-state index contributed by atoms with van der Waals surface area (Å²) in [5.41, 5.74) is 2.32. The molecule has 2 heterocycles. The first-order chi connectivity index (χ1) is 16.1. The van der Waals surface area contributed by atoms with Gasteiger partial charge in [0.2, 0.25) is 11.8 Å². The van der Waals surface area contributed by atoms with Gasteiger partial charge < -0.3 is 14.8 Å². The number of H-pyrrole nitrogens is 1. The molecule has 170 valence electrons. The van der Waals surface area contributed by atoms with Crippen molar-refractivity contribution in [2.75, 3.05) is 24.5 Å². The van der Waals surface area contributed by atoms with Gasteiger partial charge in [0.1, 0.15) is 0 Å². The Kier molecular flexibility index (Phi) is 6.89. The molecule has 2 aromatic carbocycles. The van der Waals surface area contributed by atoms with E-state index in [4.69, 9.17) is 5.26 Å². The number of fused-ring (bicyclic) bond motifs is 1. The second-order valence-electron chi connectivity index (χ2n) is 8.22. The van der Waals surface area contributed by atoms with Crippen LogP contribution in [0.3, 0.4) is 0 Å². The van der Waals surface area contributed by atoms with Gasteiger partial charge in [0, 0.05) is 44.2 Å². The van der Waals surface area contributed by atoms with E-state index in [1.54, 1.807) is 14.4 Å². The number of carbonyl (C=O) groups excluding carboxylic acids is 2. The molecule has 0 radical (unpaired) electrons. The van der Waals surface area contributed by atoms with Crippen molar-refractivity contribution >= 4 is 28.5 Å². The summed E-state index contributed by atoms with van der Waals surface area (Å²) in [6.45, 7) is 1.42. The molecule has 8 nitrogen and oxygen atoms in total. The fourth-order valence-electron chi connectivity index (χ4n) is 4.48. The summed E-state index contributed by atoms with van der Waals surface area (Å²) in [7, 11) is 0. The molecule has 0 aliphatic carbocycles. The van der Waals surface area contributed by atoms with E-state index in [1.807, 2.05) is 54.6 Å². The van der Waals surface area contributed by atoms with Crippen molar-refractivity contribution in [3.05, 3.63) is 65.1 Å². The number of aromatic nitrogens is 2. The van der Waals surface area contributed by atoms with E-state index >= 15 is 0 Å². The first-order valence-corrected chi connectivity index (χ1v) is 11.3. The molecule has 3 aromatic rings. The lowest BCUT2D eigenvalue weighted by atomic mass is 10.0. The lowest BCUT2D eigenvalue weighted by Gasteiger charge is -2.32. The number of nitrogens with one attached hydrogen (secondary N) is 1. The van der Waals surface area contributed by atoms with Gasteiger partial charge in [0.25, 0.3) is 0 Å². The maximum atomic E-state index is 12.8. The van der Waals surface area contributed by atoms with Crippen LogP contribution in [0.5, 0.6) is 0 Å². The number of imidazole rings is 1. The second kappa shape index (κ2) is 10.2. The topological polar surface area (TPSA) is 102 Å². The number of hydrogen-bond donors (Lipinski definition) is 1. The van der Waals surface area contributed by atoms with Crippen LogP contribution in [0.15, 0.2) is 59.4 Å². The van der Waals surface area contributed by atoms with Crippen molar-refractivity contribution in [3.8, 4) is 6.07 Å². The third kappa shape index (κ3) is 4.98. The average molecular weight is 446 g/mol. The van der Waals surface area contributed by atoms with Crippen molar-refractivity contribution < 1.29 is 9.59 Å². The fourth-order valence-corrected chi connectivity index (χ4v) is 4.48. The minimum atomic E-state index is -0.162. The molecule has 33 heavy (non-hydrogen) atoms. The van der Waals surface area contributed by atoms with Crippen LogP contribution in [0.4, 0.5) is 5.69 Å². The summed E-state index contributed by atoms with van der Waals surface area (Å²) in [5.74, 6) is -0.216. The van der Waals surface area contributed by atoms with E-state index in [9.17, 15) is 14.4 Å². The van der Waals surface area contributed by atoms with Gasteiger partial charge in [-0.3, -0.25) is 14.2 Å². The van der Waals surface area contributed by atoms with Crippen LogP contribution in [-0.4, -0.2) is 45.9 Å². The second-order valence-corrected chi connectivity index (χ2v) is 8.22. The standard InChI is InChI=1S/C25H27N5O3/c26-15-6-16-29(19-7-2-1-3-8-19)24(32)12-11-23(31)28-17-13-20(14-18-28)30-22-10-5-4-9-21(22)27-25(30)33/h1-5,7-10,20H,6,11-14,16-18H2,(H,27,33). The van der Waals surface area contributed by atoms with Crippen molar-refractivity contribution in [3.63, 3.8) is 0 Å². The SMILES string of the molecule is N#CCCN(C(=O)CCC(=O)N1CCC(n2c(=O)[nH]c3ccccc32)CC1)c1ccccc1. The van der Waals surface area contributed by atoms with Gasteiger partial charge in [-0.1, -0.05) is 30.3 Å². The number of carbonyl (C=O) groups is 2. The first kappa shape index (κ1) is 22.3. The Balaban J connectivity index is 1.33. The Morgan fingerprint density at radius 3 is 2.45 bits per heavy atom. The highest BCUT2D eigenvalue weighted by atomic mass is 16.2. The lowest BCUT2D eigenvalue weighted by Crippen LogP contribution is -2.41. The summed E-state index contributed by atoms with van der Waals surface area (Å²) < 4.78 is 1.80. The molecule has 0 spiro atoms. The molecule has 1 aromatic heterocycles. The zero-order valence-electron chi connectivity index (χ0n) is 18.4. The number of para-hydroxylation sites is 3. The smallest absolute Gasteiger partial charge is 0.326 e. The molecule has 1 fully saturated rings. The monoisotopic (exact) mass is 445 g/mol. The van der Waals surface area contributed by atoms with E-state index in [2.05, 4.69) is 11.1 Å². The third-order valence-corrected chi connectivity index (χ3v) is 6.18. The minimum absolute atomic E-state index is 0.0406. The molecular formula is C25H27N5O3. The molecule has 1 aliphatic heterocycles. The first-order valence-electron chi connectivity index (χ1n) is 11.3. The number of piperidine rings is 1. The van der Waals surface area contributed by atoms with E-state index in [0.29, 0.717) is 32.5 Å². The molecule has 0 unspecified atom stereocenters. The van der Waals surface area contributed by atoms with Crippen LogP contribution in [0.25, 0.3) is 11.0 Å². The van der Waals surface area contributed by atoms with Crippen LogP contribution in [0.2, 0.25) is 0 Å². The third-order valence-electron chi connectivity index (χ3n) is 6.18. The Morgan fingerprint density at radius 1 is 1.03 bits per heavy atom. The molecule has 1 aliphatic rings. The number of nitriles is 1. The number of benzene rings is 2. The predicted molar refractivity (Wildman–Crippen MR) is 126 cm³/mol. The van der Waals surface area contributed by atoms with Crippen molar-refractivity contribution in [2.45, 2.75) is 38.1 Å². The average Bonchev–Trinajstić information content (AvgIpc) is 3.19. The molecule has 0 bridgehead atoms. The van der Waals surface area contributed by atoms with E-state index < -0.39 is 0 Å². The van der Waals surface area contributed by atoms with Gasteiger partial charge in [-0.05, 0) is 37.1 Å². The molecular weight excluding hydrogens is 418 g/mol. The van der Waals surface area contributed by atoms with Crippen LogP contribution in [0.1, 0.15) is 38.1 Å². The van der Waals surface area contributed by atoms with E-state index in [0.717, 1.165) is 16.7 Å². The summed E-state index contributed by atoms with van der Waals surface area (Å²) in [5, 5.41) is 8.93. The molecule has 2 amide bonds. The Morgan fingerprint density at radius 2 is 1.73 bits per heavy atom. The van der Waals surface area contributed by atoms with Gasteiger partial charge in [-0.15, -0.1) is 0 Å². The zero-order chi connectivity index (χ0) is 23.2. The van der Waals surface area contributed by atoms with E-state index in [1.165, 1.54) is 0 Å². The molecule has 4 rings (SSSR count). The van der Waals surface area contributed by atoms with Crippen LogP contribution in [-0.2, 0) is 9.59 Å². The Bertz CT molecular complexity index is 1220. The minimum Gasteiger partial charge on any atom is -0.343 e. The summed E-state index contributed by atoms with van der Waals surface area (Å²) in [6, 6.07) is 19.0. The lowest BCUT2D eigenvalue weighted by molar-refractivity contribution is -0.134. The molecule has 1 saturated heterocycles. The van der Waals surface area contributed by atoms with Gasteiger partial charge in [-0.25, -0.2) is 4.79 Å². The number of hydrogen-bond acceptors (Lipinski definition) is 4. The maximum Gasteiger partial charge on any atom is 0.326 e. The summed E-state index contributed by atoms with van der Waals surface area (Å²) in [4.78, 5) is 44.3. The molecule has 1 N–H and O–H groups in total. The molecule has 8 heteroatoms. The number of aromatic amines is 1. The van der Waals surface area contributed by atoms with Crippen molar-refractivity contribution in [1.29, 1.82) is 5.26 Å². The number of rotatable bonds is 7. The summed E-state index contributed by atoms with van der Waals surface area (Å²) >= 11 is 0. The zero-order valence-corrected chi connectivity index (χ0v) is 18.4. The fraction of sp³-hybridized carbons (Fsp3) is 0.360. The summed E-state index contributed by atoms with van der Waals surface area (Å²) in [6.07, 6.45) is 1.85. The number of nitrogens with zero attached hydrogens (tertiary/aromatic N) is 4. The normalized spacial score (nSPS) is 14.2. The van der Waals surface area contributed by atoms with Crippen LogP contribution in [0, 0.1) is 11.3 Å². The number of amides is 2. The van der Waals surface area contributed by atoms with E-state index in [-0.39, 0.29) is 42.8 Å². The highest BCUT2D eigenvalue weighted by molar-refractivity contribution is 5.95. The van der Waals surface area contributed by atoms with Crippen LogP contribution >= 0.6 is 0 Å². The van der Waals surface area contributed by atoms with Gasteiger partial charge in [0.05, 0.1) is 23.5 Å². The van der Waals surface area contributed by atoms with Crippen molar-refractivity contribution in [2.24, 2.45) is 0 Å².